The third-order valence-corrected chi connectivity index (χ3v) is 9.64. The number of hydrogen-bond acceptors (Lipinski definition) is 11. The minimum absolute atomic E-state index is 0.0209. The number of aliphatic hydroxyl groups is 3. The summed E-state index contributed by atoms with van der Waals surface area (Å²) in [6.45, 7) is 5.71. The number of primary amides is 1. The monoisotopic (exact) mass is 648 g/mol. The third-order valence-electron chi connectivity index (χ3n) is 8.19. The van der Waals surface area contributed by atoms with Gasteiger partial charge in [-0.2, -0.15) is 8.42 Å². The zero-order valence-electron chi connectivity index (χ0n) is 23.6. The van der Waals surface area contributed by atoms with E-state index in [0.29, 0.717) is 0 Å². The van der Waals surface area contributed by atoms with Gasteiger partial charge >= 0.3 is 0 Å². The molecule has 1 fully saturated rings. The highest BCUT2D eigenvalue weighted by Gasteiger charge is 2.75. The van der Waals surface area contributed by atoms with Crippen LogP contribution < -0.4 is 5.73 Å². The first kappa shape index (κ1) is 33.0. The molecule has 7 N–H and O–H groups in total. The van der Waals surface area contributed by atoms with Gasteiger partial charge in [0.1, 0.15) is 17.1 Å². The number of phenols is 1. The molecule has 44 heavy (non-hydrogen) atoms. The molecule has 13 nitrogen and oxygen atoms in total. The number of ketones is 3. The van der Waals surface area contributed by atoms with Gasteiger partial charge in [0, 0.05) is 5.92 Å². The van der Waals surface area contributed by atoms with Crippen LogP contribution in [0.2, 0.25) is 0 Å². The molecule has 3 aliphatic carbocycles. The van der Waals surface area contributed by atoms with E-state index in [0.717, 1.165) is 5.56 Å². The standard InChI is InChI=1S/C22H21ClN2O8.C7H8O3S/c1-7-8-5-4-6-9(26)10(8)17(29)21(23)12(7)16(28)13-14(25(2)3)15(27)11(19(24)31)18(30)22(13,33)20(21)32;1-6-2-4-7(5-3-6)11(8,9)10/h4-6,12-14,16,26,28,30,33H,1H2,2-3H3,(H2,24,31);2-5H,1H3,(H,8,9,10)/t12-,13+,14-,16-,21?,22+;/m0./s1. The molecule has 234 valence electrons. The van der Waals surface area contributed by atoms with E-state index >= 15 is 0 Å². The number of carbonyl (C=O) groups is 4. The van der Waals surface area contributed by atoms with E-state index in [1.54, 1.807) is 12.1 Å². The second-order valence-corrected chi connectivity index (χ2v) is 13.0. The summed E-state index contributed by atoms with van der Waals surface area (Å²) in [7, 11) is -1.22. The van der Waals surface area contributed by atoms with Crippen LogP contribution in [0.1, 0.15) is 21.5 Å². The quantitative estimate of drug-likeness (QED) is 0.116. The van der Waals surface area contributed by atoms with Crippen LogP contribution in [0.5, 0.6) is 5.75 Å². The number of aryl methyl sites for hydroxylation is 1. The van der Waals surface area contributed by atoms with Gasteiger partial charge < -0.3 is 26.2 Å². The van der Waals surface area contributed by atoms with Gasteiger partial charge in [0.2, 0.25) is 5.78 Å². The molecule has 6 atom stereocenters. The van der Waals surface area contributed by atoms with Gasteiger partial charge in [0.15, 0.2) is 22.0 Å². The minimum atomic E-state index is -4.02. The van der Waals surface area contributed by atoms with Gasteiger partial charge in [-0.3, -0.25) is 28.6 Å². The smallest absolute Gasteiger partial charge is 0.294 e. The molecule has 0 bridgehead atoms. The number of benzene rings is 2. The van der Waals surface area contributed by atoms with Crippen LogP contribution in [-0.2, 0) is 24.5 Å². The van der Waals surface area contributed by atoms with Gasteiger partial charge in [-0.1, -0.05) is 36.4 Å². The number of rotatable bonds is 3. The maximum absolute atomic E-state index is 13.8. The molecule has 1 saturated carbocycles. The Morgan fingerprint density at radius 2 is 1.64 bits per heavy atom. The summed E-state index contributed by atoms with van der Waals surface area (Å²) in [6.07, 6.45) is -1.86. The second kappa shape index (κ2) is 10.9. The summed E-state index contributed by atoms with van der Waals surface area (Å²) in [4.78, 5) is 50.8. The Balaban J connectivity index is 0.000000339. The Bertz CT molecular complexity index is 1770. The molecule has 5 rings (SSSR count). The molecule has 0 saturated heterocycles. The van der Waals surface area contributed by atoms with E-state index < -0.39 is 84.9 Å². The van der Waals surface area contributed by atoms with Gasteiger partial charge in [-0.25, -0.2) is 0 Å². The van der Waals surface area contributed by atoms with Crippen molar-refractivity contribution < 1.29 is 52.6 Å². The first-order chi connectivity index (χ1) is 20.2. The van der Waals surface area contributed by atoms with Crippen LogP contribution in [0.4, 0.5) is 0 Å². The van der Waals surface area contributed by atoms with Gasteiger partial charge in [-0.05, 0) is 50.4 Å². The number of phenolic OH excluding ortho intramolecular Hbond substituents is 1. The lowest BCUT2D eigenvalue weighted by atomic mass is 9.52. The fourth-order valence-corrected chi connectivity index (χ4v) is 7.13. The van der Waals surface area contributed by atoms with Crippen LogP contribution in [0.15, 0.2) is 65.3 Å². The highest BCUT2D eigenvalue weighted by molar-refractivity contribution is 7.85. The maximum atomic E-state index is 13.8. The SMILES string of the molecule is C=C1c2cccc(O)c2C(=O)C2(Cl)C(=O)[C@]3(O)C(O)=C(C(N)=O)C(=O)[C@@H](N(C)C)[C@@H]3[C@@H](O)[C@H]12.Cc1ccc(S(=O)(=O)O)cc1. The zero-order valence-corrected chi connectivity index (χ0v) is 25.1. The van der Waals surface area contributed by atoms with Crippen molar-refractivity contribution in [2.45, 2.75) is 34.4 Å². The molecule has 2 aromatic rings. The molecule has 2 aromatic carbocycles. The van der Waals surface area contributed by atoms with Crippen molar-refractivity contribution in [3.63, 3.8) is 0 Å². The highest BCUT2D eigenvalue weighted by Crippen LogP contribution is 2.58. The number of fused-ring (bicyclic) bond motifs is 3. The van der Waals surface area contributed by atoms with Crippen molar-refractivity contribution in [1.29, 1.82) is 0 Å². The molecule has 0 aromatic heterocycles. The molecule has 0 spiro atoms. The highest BCUT2D eigenvalue weighted by atomic mass is 35.5. The lowest BCUT2D eigenvalue weighted by Crippen LogP contribution is -2.77. The molecular formula is C29H29ClN2O11S. The number of carbonyl (C=O) groups excluding carboxylic acids is 4. The maximum Gasteiger partial charge on any atom is 0.294 e. The van der Waals surface area contributed by atoms with Crippen LogP contribution in [-0.4, -0.2) is 98.3 Å². The first-order valence-electron chi connectivity index (χ1n) is 12.9. The first-order valence-corrected chi connectivity index (χ1v) is 14.7. The predicted octanol–water partition coefficient (Wildman–Crippen LogP) is 0.538. The van der Waals surface area contributed by atoms with Gasteiger partial charge in [-0.15, -0.1) is 11.6 Å². The Morgan fingerprint density at radius 1 is 1.07 bits per heavy atom. The Morgan fingerprint density at radius 3 is 2.14 bits per heavy atom. The number of aromatic hydroxyl groups is 1. The number of alkyl halides is 1. The molecule has 3 aliphatic rings. The molecule has 1 amide bonds. The zero-order chi connectivity index (χ0) is 33.3. The topological polar surface area (TPSA) is 233 Å². The number of aliphatic hydroxyl groups excluding tert-OH is 2. The Kier molecular flexibility index (Phi) is 8.18. The molecular weight excluding hydrogens is 620 g/mol. The van der Waals surface area contributed by atoms with E-state index in [2.05, 4.69) is 6.58 Å². The van der Waals surface area contributed by atoms with Gasteiger partial charge in [0.05, 0.1) is 28.5 Å². The molecule has 0 radical (unpaired) electrons. The molecule has 0 aliphatic heterocycles. The van der Waals surface area contributed by atoms with E-state index in [1.165, 1.54) is 49.3 Å². The van der Waals surface area contributed by atoms with E-state index in [-0.39, 0.29) is 21.6 Å². The number of halogens is 1. The second-order valence-electron chi connectivity index (χ2n) is 11.0. The van der Waals surface area contributed by atoms with Crippen molar-refractivity contribution in [2.24, 2.45) is 17.6 Å². The van der Waals surface area contributed by atoms with Crippen LogP contribution in [0.3, 0.4) is 0 Å². The van der Waals surface area contributed by atoms with Gasteiger partial charge in [0.25, 0.3) is 16.0 Å². The summed E-state index contributed by atoms with van der Waals surface area (Å²) in [5.41, 5.74) is 1.88. The summed E-state index contributed by atoms with van der Waals surface area (Å²) in [5.74, 6) is -10.1. The summed E-state index contributed by atoms with van der Waals surface area (Å²) in [6, 6.07) is 8.57. The fourth-order valence-electron chi connectivity index (χ4n) is 6.15. The third kappa shape index (κ3) is 4.65. The average molecular weight is 649 g/mol. The number of nitrogens with zero attached hydrogens (tertiary/aromatic N) is 1. The summed E-state index contributed by atoms with van der Waals surface area (Å²) in [5, 5.41) is 44.0. The van der Waals surface area contributed by atoms with E-state index in [4.69, 9.17) is 21.9 Å². The Labute approximate surface area is 256 Å². The molecule has 1 unspecified atom stereocenters. The van der Waals surface area contributed by atoms with Crippen molar-refractivity contribution in [3.05, 3.63) is 77.1 Å². The van der Waals surface area contributed by atoms with Crippen LogP contribution in [0.25, 0.3) is 5.57 Å². The lowest BCUT2D eigenvalue weighted by Gasteiger charge is -2.56. The molecule has 15 heteroatoms. The number of amides is 1. The molecule has 0 heterocycles. The van der Waals surface area contributed by atoms with Crippen molar-refractivity contribution in [3.8, 4) is 5.75 Å². The summed E-state index contributed by atoms with van der Waals surface area (Å²) >= 11 is 6.59. The fraction of sp³-hybridized carbons (Fsp3) is 0.310. The largest absolute Gasteiger partial charge is 0.508 e. The number of nitrogens with two attached hydrogens (primary N) is 1. The summed E-state index contributed by atoms with van der Waals surface area (Å²) < 4.78 is 29.6. The van der Waals surface area contributed by atoms with Crippen LogP contribution >= 0.6 is 11.6 Å². The van der Waals surface area contributed by atoms with E-state index in [9.17, 15) is 48.0 Å². The van der Waals surface area contributed by atoms with Crippen molar-refractivity contribution in [2.75, 3.05) is 14.1 Å². The average Bonchev–Trinajstić information content (AvgIpc) is 2.92. The van der Waals surface area contributed by atoms with E-state index in [1.807, 2.05) is 6.92 Å². The predicted molar refractivity (Wildman–Crippen MR) is 155 cm³/mol. The normalized spacial score (nSPS) is 29.8. The lowest BCUT2D eigenvalue weighted by molar-refractivity contribution is -0.176. The minimum Gasteiger partial charge on any atom is -0.508 e. The number of hydrogen-bond donors (Lipinski definition) is 6. The van der Waals surface area contributed by atoms with Crippen molar-refractivity contribution in [1.82, 2.24) is 4.90 Å². The van der Waals surface area contributed by atoms with Crippen LogP contribution in [0, 0.1) is 18.8 Å². The Hall–Kier alpha value is -3.92. The number of Topliss-reactive ketones (excluding diaryl/α,β-unsaturated/α-hetero) is 3. The van der Waals surface area contributed by atoms with Crippen molar-refractivity contribution >= 4 is 50.5 Å². The number of likely N-dealkylation sites (N-methyl/N-ethyl adjacent to an activating group) is 1.